The van der Waals surface area contributed by atoms with Crippen LogP contribution >= 0.6 is 0 Å². The van der Waals surface area contributed by atoms with E-state index in [9.17, 15) is 9.90 Å². The fraction of sp³-hybridized carbons (Fsp3) is 0.0667. The van der Waals surface area contributed by atoms with Gasteiger partial charge in [0.25, 0.3) is 5.91 Å². The van der Waals surface area contributed by atoms with E-state index in [0.717, 1.165) is 0 Å². The Balaban J connectivity index is 2.07. The van der Waals surface area contributed by atoms with Gasteiger partial charge in [0, 0.05) is 5.56 Å². The summed E-state index contributed by atoms with van der Waals surface area (Å²) in [5, 5.41) is 13.4. The molecule has 5 heteroatoms. The van der Waals surface area contributed by atoms with E-state index in [1.165, 1.54) is 13.3 Å². The summed E-state index contributed by atoms with van der Waals surface area (Å²) in [6.07, 6.45) is 1.38. The van der Waals surface area contributed by atoms with E-state index in [2.05, 4.69) is 10.5 Å². The number of hydrogen-bond donors (Lipinski definition) is 2. The van der Waals surface area contributed by atoms with Crippen molar-refractivity contribution in [2.24, 2.45) is 5.10 Å². The van der Waals surface area contributed by atoms with E-state index in [4.69, 9.17) is 4.74 Å². The maximum absolute atomic E-state index is 11.9. The van der Waals surface area contributed by atoms with Crippen LogP contribution in [0, 0.1) is 0 Å². The van der Waals surface area contributed by atoms with Crippen LogP contribution < -0.4 is 10.2 Å². The topological polar surface area (TPSA) is 70.9 Å². The second-order valence-corrected chi connectivity index (χ2v) is 3.96. The fourth-order valence-electron chi connectivity index (χ4n) is 1.65. The second kappa shape index (κ2) is 6.38. The number of hydrogen-bond acceptors (Lipinski definition) is 4. The summed E-state index contributed by atoms with van der Waals surface area (Å²) >= 11 is 0. The molecule has 0 saturated heterocycles. The molecule has 0 aliphatic heterocycles. The van der Waals surface area contributed by atoms with E-state index in [1.807, 2.05) is 0 Å². The van der Waals surface area contributed by atoms with Gasteiger partial charge in [-0.1, -0.05) is 24.3 Å². The number of hydrazone groups is 1. The van der Waals surface area contributed by atoms with Gasteiger partial charge in [-0.25, -0.2) is 5.43 Å². The number of amides is 1. The number of phenolic OH excluding ortho intramolecular Hbond substituents is 1. The summed E-state index contributed by atoms with van der Waals surface area (Å²) in [6, 6.07) is 13.6. The zero-order chi connectivity index (χ0) is 14.4. The van der Waals surface area contributed by atoms with Crippen LogP contribution in [0.4, 0.5) is 0 Å². The molecule has 0 unspecified atom stereocenters. The number of phenols is 1. The third-order valence-electron chi connectivity index (χ3n) is 2.66. The Hall–Kier alpha value is -2.82. The molecule has 1 amide bonds. The van der Waals surface area contributed by atoms with Crippen molar-refractivity contribution >= 4 is 12.1 Å². The minimum atomic E-state index is -0.380. The maximum Gasteiger partial charge on any atom is 0.275 e. The lowest BCUT2D eigenvalue weighted by Crippen LogP contribution is -2.18. The van der Waals surface area contributed by atoms with Crippen molar-refractivity contribution in [1.82, 2.24) is 5.43 Å². The molecule has 102 valence electrons. The average molecular weight is 270 g/mol. The second-order valence-electron chi connectivity index (χ2n) is 3.96. The van der Waals surface area contributed by atoms with Crippen LogP contribution in [0.1, 0.15) is 15.9 Å². The number of para-hydroxylation sites is 2. The van der Waals surface area contributed by atoms with E-state index in [1.54, 1.807) is 48.5 Å². The van der Waals surface area contributed by atoms with Gasteiger partial charge in [-0.05, 0) is 24.3 Å². The van der Waals surface area contributed by atoms with E-state index in [0.29, 0.717) is 16.9 Å². The monoisotopic (exact) mass is 270 g/mol. The molecule has 0 heterocycles. The van der Waals surface area contributed by atoms with E-state index < -0.39 is 0 Å². The average Bonchev–Trinajstić information content (AvgIpc) is 2.49. The highest BCUT2D eigenvalue weighted by molar-refractivity contribution is 5.97. The summed E-state index contributed by atoms with van der Waals surface area (Å²) in [6.45, 7) is 0. The number of nitrogens with one attached hydrogen (secondary N) is 1. The molecule has 2 N–H and O–H groups in total. The molecule has 0 aliphatic rings. The van der Waals surface area contributed by atoms with Crippen molar-refractivity contribution in [3.05, 3.63) is 59.7 Å². The molecule has 0 bridgehead atoms. The number of methoxy groups -OCH3 is 1. The van der Waals surface area contributed by atoms with Gasteiger partial charge in [-0.3, -0.25) is 4.79 Å². The highest BCUT2D eigenvalue weighted by Crippen LogP contribution is 2.17. The van der Waals surface area contributed by atoms with Gasteiger partial charge >= 0.3 is 0 Å². The molecule has 5 nitrogen and oxygen atoms in total. The van der Waals surface area contributed by atoms with Crippen molar-refractivity contribution in [3.63, 3.8) is 0 Å². The predicted octanol–water partition coefficient (Wildman–Crippen LogP) is 2.16. The Labute approximate surface area is 116 Å². The first-order chi connectivity index (χ1) is 9.72. The summed E-state index contributed by atoms with van der Waals surface area (Å²) < 4.78 is 5.10. The largest absolute Gasteiger partial charge is 0.507 e. The third-order valence-corrected chi connectivity index (χ3v) is 2.66. The van der Waals surface area contributed by atoms with Crippen LogP contribution in [-0.2, 0) is 0 Å². The van der Waals surface area contributed by atoms with Gasteiger partial charge in [-0.15, -0.1) is 0 Å². The zero-order valence-electron chi connectivity index (χ0n) is 10.9. The quantitative estimate of drug-likeness (QED) is 0.660. The number of aromatic hydroxyl groups is 1. The van der Waals surface area contributed by atoms with Gasteiger partial charge < -0.3 is 9.84 Å². The molecule has 0 aromatic heterocycles. The van der Waals surface area contributed by atoms with E-state index >= 15 is 0 Å². The molecule has 0 fully saturated rings. The van der Waals surface area contributed by atoms with Gasteiger partial charge in [0.15, 0.2) is 0 Å². The Bertz CT molecular complexity index is 639. The van der Waals surface area contributed by atoms with Gasteiger partial charge in [0.05, 0.1) is 18.9 Å². The molecule has 0 aliphatic carbocycles. The number of carbonyl (C=O) groups is 1. The lowest BCUT2D eigenvalue weighted by Gasteiger charge is -2.06. The van der Waals surface area contributed by atoms with Crippen molar-refractivity contribution in [3.8, 4) is 11.5 Å². The first-order valence-electron chi connectivity index (χ1n) is 5.97. The lowest BCUT2D eigenvalue weighted by atomic mass is 10.2. The summed E-state index contributed by atoms with van der Waals surface area (Å²) in [5.41, 5.74) is 3.30. The highest BCUT2D eigenvalue weighted by atomic mass is 16.5. The first kappa shape index (κ1) is 13.6. The van der Waals surface area contributed by atoms with Gasteiger partial charge in [-0.2, -0.15) is 5.10 Å². The minimum Gasteiger partial charge on any atom is -0.507 e. The van der Waals surface area contributed by atoms with E-state index in [-0.39, 0.29) is 11.7 Å². The highest BCUT2D eigenvalue weighted by Gasteiger charge is 2.09. The van der Waals surface area contributed by atoms with Crippen LogP contribution in [0.15, 0.2) is 53.6 Å². The van der Waals surface area contributed by atoms with Crippen LogP contribution in [0.25, 0.3) is 0 Å². The number of benzene rings is 2. The normalized spacial score (nSPS) is 10.4. The Kier molecular flexibility index (Phi) is 4.34. The Morgan fingerprint density at radius 3 is 2.65 bits per heavy atom. The molecule has 2 rings (SSSR count). The molecule has 2 aromatic rings. The molecule has 0 saturated carbocycles. The molecular weight excluding hydrogens is 256 g/mol. The van der Waals surface area contributed by atoms with Crippen molar-refractivity contribution in [2.45, 2.75) is 0 Å². The lowest BCUT2D eigenvalue weighted by molar-refractivity contribution is 0.0952. The van der Waals surface area contributed by atoms with Crippen LogP contribution in [0.3, 0.4) is 0 Å². The van der Waals surface area contributed by atoms with Crippen molar-refractivity contribution < 1.29 is 14.6 Å². The van der Waals surface area contributed by atoms with Crippen molar-refractivity contribution in [1.29, 1.82) is 0 Å². The summed E-state index contributed by atoms with van der Waals surface area (Å²) in [5.74, 6) is 0.194. The molecule has 0 spiro atoms. The summed E-state index contributed by atoms with van der Waals surface area (Å²) in [4.78, 5) is 11.9. The summed E-state index contributed by atoms with van der Waals surface area (Å²) in [7, 11) is 1.50. The van der Waals surface area contributed by atoms with Crippen molar-refractivity contribution in [2.75, 3.05) is 7.11 Å². The predicted molar refractivity (Wildman–Crippen MR) is 76.2 cm³/mol. The standard InChI is InChI=1S/C15H14N2O3/c1-20-14-9-5-3-7-12(14)15(19)17-16-10-11-6-2-4-8-13(11)18/h2-10,18H,1H3,(H,17,19)/b16-10-. The van der Waals surface area contributed by atoms with Gasteiger partial charge in [0.2, 0.25) is 0 Å². The smallest absolute Gasteiger partial charge is 0.275 e. The molecule has 2 aromatic carbocycles. The van der Waals surface area contributed by atoms with Gasteiger partial charge in [0.1, 0.15) is 11.5 Å². The fourth-order valence-corrected chi connectivity index (χ4v) is 1.65. The van der Waals surface area contributed by atoms with Crippen LogP contribution in [0.5, 0.6) is 11.5 Å². The number of rotatable bonds is 4. The SMILES string of the molecule is COc1ccccc1C(=O)N/N=C\c1ccccc1O. The maximum atomic E-state index is 11.9. The molecule has 0 atom stereocenters. The minimum absolute atomic E-state index is 0.0998. The third kappa shape index (κ3) is 3.14. The number of ether oxygens (including phenoxy) is 1. The number of carbonyl (C=O) groups excluding carboxylic acids is 1. The van der Waals surface area contributed by atoms with Crippen LogP contribution in [0.2, 0.25) is 0 Å². The number of nitrogens with zero attached hydrogens (tertiary/aromatic N) is 1. The molecule has 20 heavy (non-hydrogen) atoms. The Morgan fingerprint density at radius 1 is 1.20 bits per heavy atom. The first-order valence-corrected chi connectivity index (χ1v) is 5.97. The van der Waals surface area contributed by atoms with Crippen LogP contribution in [-0.4, -0.2) is 24.3 Å². The molecule has 0 radical (unpaired) electrons. The zero-order valence-corrected chi connectivity index (χ0v) is 10.9. The Morgan fingerprint density at radius 2 is 1.90 bits per heavy atom. The molecular formula is C15H14N2O3.